The van der Waals surface area contributed by atoms with E-state index in [9.17, 15) is 9.90 Å². The number of epoxide rings is 1. The van der Waals surface area contributed by atoms with E-state index in [2.05, 4.69) is 20.8 Å². The number of ketones is 1. The number of benzene rings is 2. The van der Waals surface area contributed by atoms with Crippen molar-refractivity contribution in [3.8, 4) is 17.2 Å². The number of Topliss-reactive ketones (excluding diaryl/α,β-unsaturated/α-hetero) is 1. The van der Waals surface area contributed by atoms with E-state index in [1.807, 2.05) is 13.0 Å². The van der Waals surface area contributed by atoms with Crippen LogP contribution in [0.3, 0.4) is 0 Å². The number of carbonyl (C=O) groups excluding carboxylic acids is 1. The Morgan fingerprint density at radius 2 is 2.06 bits per heavy atom. The lowest BCUT2D eigenvalue weighted by Gasteiger charge is -2.50. The molecule has 1 aliphatic carbocycles. The van der Waals surface area contributed by atoms with Gasteiger partial charge < -0.3 is 28.8 Å². The first-order valence-corrected chi connectivity index (χ1v) is 13.5. The smallest absolute Gasteiger partial charge is 0.220 e. The molecule has 7 nitrogen and oxygen atoms in total. The minimum Gasteiger partial charge on any atom is -0.506 e. The van der Waals surface area contributed by atoms with Crippen molar-refractivity contribution in [2.24, 2.45) is 5.92 Å². The van der Waals surface area contributed by atoms with Crippen LogP contribution in [0.15, 0.2) is 6.07 Å². The number of thioether (sulfide) groups is 1. The molecule has 4 heterocycles. The summed E-state index contributed by atoms with van der Waals surface area (Å²) in [5, 5.41) is 12.9. The maximum atomic E-state index is 13.0. The van der Waals surface area contributed by atoms with Gasteiger partial charge >= 0.3 is 0 Å². The van der Waals surface area contributed by atoms with Crippen molar-refractivity contribution in [3.05, 3.63) is 28.3 Å². The number of rotatable bonds is 4. The van der Waals surface area contributed by atoms with Gasteiger partial charge in [0, 0.05) is 28.9 Å². The Morgan fingerprint density at radius 3 is 2.71 bits per heavy atom. The van der Waals surface area contributed by atoms with Crippen LogP contribution in [0, 0.1) is 12.8 Å². The fourth-order valence-corrected chi connectivity index (χ4v) is 8.57. The van der Waals surface area contributed by atoms with E-state index in [-0.39, 0.29) is 29.7 Å². The van der Waals surface area contributed by atoms with Crippen LogP contribution in [0.25, 0.3) is 10.8 Å². The Hall–Kier alpha value is -2.00. The van der Waals surface area contributed by atoms with E-state index in [1.54, 1.807) is 18.9 Å². The molecule has 0 radical (unpaired) electrons. The topological polar surface area (TPSA) is 86.8 Å². The van der Waals surface area contributed by atoms with E-state index < -0.39 is 16.3 Å². The van der Waals surface area contributed by atoms with Crippen LogP contribution in [0.1, 0.15) is 66.8 Å². The monoisotopic (exact) mass is 498 g/mol. The van der Waals surface area contributed by atoms with Gasteiger partial charge in [-0.3, -0.25) is 4.79 Å². The highest BCUT2D eigenvalue weighted by atomic mass is 32.2. The third kappa shape index (κ3) is 2.30. The fraction of sp³-hybridized carbons (Fsp3) is 0.593. The first kappa shape index (κ1) is 22.2. The SMILES string of the molecule is CCSC12Oc3c(c(C)cc4c(OC)c5c(c(O)c34)C(=O)CCC5)[C@H]3OC(C(C)C)(OC31)C21CO1. The van der Waals surface area contributed by atoms with Crippen LogP contribution >= 0.6 is 11.8 Å². The van der Waals surface area contributed by atoms with Gasteiger partial charge in [0.05, 0.1) is 24.7 Å². The third-order valence-corrected chi connectivity index (χ3v) is 9.97. The van der Waals surface area contributed by atoms with Crippen molar-refractivity contribution in [2.75, 3.05) is 19.5 Å². The standard InChI is InChI=1S/C27H30O7S/c1-6-35-27-24-23(32-26(34-24,12(2)3)25(27)11-31-25)17-13(4)10-15-19(22(17)33-27)20(29)18-14(21(15)30-5)8-7-9-16(18)28/h10,12,23-24,29H,6-9,11H2,1-5H3/t23-,24?,25?,26?,27?/m1/s1. The second-order valence-corrected chi connectivity index (χ2v) is 12.1. The van der Waals surface area contributed by atoms with Crippen LogP contribution < -0.4 is 9.47 Å². The Kier molecular flexibility index (Phi) is 4.35. The van der Waals surface area contributed by atoms with Gasteiger partial charge in [0.1, 0.15) is 29.5 Å². The lowest BCUT2D eigenvalue weighted by atomic mass is 9.78. The first-order valence-electron chi connectivity index (χ1n) is 12.5. The number of phenols is 1. The molecule has 8 heteroatoms. The van der Waals surface area contributed by atoms with Gasteiger partial charge in [0.15, 0.2) is 11.4 Å². The molecule has 5 atom stereocenters. The minimum absolute atomic E-state index is 0.0222. The summed E-state index contributed by atoms with van der Waals surface area (Å²) >= 11 is 1.68. The molecule has 2 aromatic carbocycles. The molecule has 35 heavy (non-hydrogen) atoms. The number of aromatic hydroxyl groups is 1. The number of fused-ring (bicyclic) bond motifs is 8. The van der Waals surface area contributed by atoms with Crippen molar-refractivity contribution in [3.63, 3.8) is 0 Å². The molecule has 2 bridgehead atoms. The van der Waals surface area contributed by atoms with Crippen LogP contribution in [-0.2, 0) is 20.6 Å². The molecule has 5 aliphatic rings. The van der Waals surface area contributed by atoms with E-state index in [0.29, 0.717) is 41.9 Å². The number of carbonyl (C=O) groups is 1. The molecule has 3 saturated heterocycles. The highest BCUT2D eigenvalue weighted by Crippen LogP contribution is 2.74. The van der Waals surface area contributed by atoms with Crippen molar-refractivity contribution >= 4 is 28.3 Å². The molecule has 4 unspecified atom stereocenters. The van der Waals surface area contributed by atoms with Crippen molar-refractivity contribution in [2.45, 2.75) is 75.5 Å². The van der Waals surface area contributed by atoms with Crippen LogP contribution in [0.4, 0.5) is 0 Å². The average Bonchev–Trinajstić information content (AvgIpc) is 3.47. The zero-order valence-electron chi connectivity index (χ0n) is 20.6. The third-order valence-electron chi connectivity index (χ3n) is 8.60. The molecule has 7 rings (SSSR count). The summed E-state index contributed by atoms with van der Waals surface area (Å²) in [7, 11) is 1.62. The molecule has 4 aliphatic heterocycles. The zero-order chi connectivity index (χ0) is 24.5. The van der Waals surface area contributed by atoms with Crippen molar-refractivity contribution in [1.82, 2.24) is 0 Å². The molecule has 186 valence electrons. The number of methoxy groups -OCH3 is 1. The predicted octanol–water partition coefficient (Wildman–Crippen LogP) is 4.81. The summed E-state index contributed by atoms with van der Waals surface area (Å²) in [4.78, 5) is 12.2. The predicted molar refractivity (Wildman–Crippen MR) is 131 cm³/mol. The molecule has 1 spiro atoms. The average molecular weight is 499 g/mol. The quantitative estimate of drug-likeness (QED) is 0.601. The van der Waals surface area contributed by atoms with E-state index in [1.165, 1.54) is 0 Å². The summed E-state index contributed by atoms with van der Waals surface area (Å²) in [6.45, 7) is 8.81. The lowest BCUT2D eigenvalue weighted by molar-refractivity contribution is -0.235. The second kappa shape index (κ2) is 6.85. The second-order valence-electron chi connectivity index (χ2n) is 10.6. The normalized spacial score (nSPS) is 36.0. The Labute approximate surface area is 208 Å². The van der Waals surface area contributed by atoms with Crippen molar-refractivity contribution in [1.29, 1.82) is 0 Å². The molecule has 0 saturated carbocycles. The molecular weight excluding hydrogens is 468 g/mol. The number of ether oxygens (including phenoxy) is 5. The highest BCUT2D eigenvalue weighted by Gasteiger charge is 2.90. The van der Waals surface area contributed by atoms with Gasteiger partial charge in [-0.05, 0) is 37.1 Å². The van der Waals surface area contributed by atoms with Crippen LogP contribution in [0.2, 0.25) is 0 Å². The van der Waals surface area contributed by atoms with Gasteiger partial charge in [0.2, 0.25) is 10.7 Å². The van der Waals surface area contributed by atoms with Crippen molar-refractivity contribution < 1.29 is 33.6 Å². The molecule has 2 aromatic rings. The molecular formula is C27H30O7S. The number of phenolic OH excluding ortho intramolecular Hbond substituents is 1. The summed E-state index contributed by atoms with van der Waals surface area (Å²) in [5.74, 6) is 1.07. The van der Waals surface area contributed by atoms with E-state index in [0.717, 1.165) is 34.3 Å². The Balaban J connectivity index is 1.56. The number of hydrogen-bond acceptors (Lipinski definition) is 8. The van der Waals surface area contributed by atoms with E-state index >= 15 is 0 Å². The molecule has 0 amide bonds. The fourth-order valence-electron chi connectivity index (χ4n) is 7.17. The van der Waals surface area contributed by atoms with Gasteiger partial charge in [-0.15, -0.1) is 11.8 Å². The molecule has 0 aromatic heterocycles. The van der Waals surface area contributed by atoms with E-state index in [4.69, 9.17) is 23.7 Å². The Morgan fingerprint density at radius 1 is 1.29 bits per heavy atom. The summed E-state index contributed by atoms with van der Waals surface area (Å²) in [6, 6.07) is 2.02. The summed E-state index contributed by atoms with van der Waals surface area (Å²) in [5.41, 5.74) is 2.26. The highest BCUT2D eigenvalue weighted by molar-refractivity contribution is 8.00. The lowest BCUT2D eigenvalue weighted by Crippen LogP contribution is -2.65. The minimum atomic E-state index is -0.894. The molecule has 3 fully saturated rings. The number of hydrogen-bond donors (Lipinski definition) is 1. The first-order chi connectivity index (χ1) is 16.8. The maximum absolute atomic E-state index is 13.0. The number of aryl methyl sites for hydroxylation is 1. The largest absolute Gasteiger partial charge is 0.506 e. The Bertz CT molecular complexity index is 1320. The maximum Gasteiger partial charge on any atom is 0.220 e. The van der Waals surface area contributed by atoms with Crippen LogP contribution in [0.5, 0.6) is 17.2 Å². The zero-order valence-corrected chi connectivity index (χ0v) is 21.5. The van der Waals surface area contributed by atoms with Crippen LogP contribution in [-0.4, -0.2) is 52.8 Å². The summed E-state index contributed by atoms with van der Waals surface area (Å²) < 4.78 is 32.6. The molecule has 1 N–H and O–H groups in total. The van der Waals surface area contributed by atoms with Gasteiger partial charge in [-0.25, -0.2) is 0 Å². The van der Waals surface area contributed by atoms with Gasteiger partial charge in [-0.2, -0.15) is 0 Å². The summed E-state index contributed by atoms with van der Waals surface area (Å²) in [6.07, 6.45) is 1.14. The van der Waals surface area contributed by atoms with Gasteiger partial charge in [-0.1, -0.05) is 20.8 Å². The van der Waals surface area contributed by atoms with Gasteiger partial charge in [0.25, 0.3) is 0 Å².